The lowest BCUT2D eigenvalue weighted by atomic mass is 9.90. The summed E-state index contributed by atoms with van der Waals surface area (Å²) in [5.41, 5.74) is 6.71. The minimum absolute atomic E-state index is 0.0764. The molecular weight excluding hydrogens is 255 g/mol. The normalized spacial score (nSPS) is 18.1. The Morgan fingerprint density at radius 3 is 2.75 bits per heavy atom. The Bertz CT molecular complexity index is 454. The first-order chi connectivity index (χ1) is 9.54. The molecule has 1 unspecified atom stereocenters. The summed E-state index contributed by atoms with van der Waals surface area (Å²) in [6.45, 7) is 3.45. The molecule has 0 aromatic heterocycles. The molecule has 110 valence electrons. The van der Waals surface area contributed by atoms with E-state index in [-0.39, 0.29) is 17.8 Å². The Kier molecular flexibility index (Phi) is 5.12. The Labute approximate surface area is 120 Å². The van der Waals surface area contributed by atoms with E-state index in [4.69, 9.17) is 5.73 Å². The summed E-state index contributed by atoms with van der Waals surface area (Å²) >= 11 is 0. The van der Waals surface area contributed by atoms with Crippen molar-refractivity contribution in [2.24, 2.45) is 11.7 Å². The number of amides is 1. The van der Waals surface area contributed by atoms with Crippen molar-refractivity contribution in [3.63, 3.8) is 0 Å². The van der Waals surface area contributed by atoms with Crippen LogP contribution in [0.2, 0.25) is 0 Å². The van der Waals surface area contributed by atoms with Crippen molar-refractivity contribution in [3.05, 3.63) is 35.6 Å². The number of likely N-dealkylation sites (tertiary alicyclic amines) is 1. The minimum atomic E-state index is -0.174. The maximum atomic E-state index is 13.1. The predicted octanol–water partition coefficient (Wildman–Crippen LogP) is 2.34. The fourth-order valence-corrected chi connectivity index (χ4v) is 2.79. The van der Waals surface area contributed by atoms with Crippen LogP contribution in [-0.2, 0) is 11.2 Å². The SMILES string of the molecule is CC(N)CC(=O)N1CCC(Cc2cccc(F)c2)CC1. The van der Waals surface area contributed by atoms with Crippen LogP contribution in [0.25, 0.3) is 0 Å². The fourth-order valence-electron chi connectivity index (χ4n) is 2.79. The standard InChI is InChI=1S/C16H23FN2O/c1-12(18)9-16(20)19-7-5-13(6-8-19)10-14-3-2-4-15(17)11-14/h2-4,11-13H,5-10,18H2,1H3. The van der Waals surface area contributed by atoms with Crippen LogP contribution < -0.4 is 5.73 Å². The van der Waals surface area contributed by atoms with E-state index < -0.39 is 0 Å². The average Bonchev–Trinajstić information content (AvgIpc) is 2.38. The van der Waals surface area contributed by atoms with Crippen LogP contribution in [0, 0.1) is 11.7 Å². The zero-order chi connectivity index (χ0) is 14.5. The number of hydrogen-bond donors (Lipinski definition) is 1. The molecule has 0 spiro atoms. The molecule has 1 aromatic rings. The predicted molar refractivity (Wildman–Crippen MR) is 77.7 cm³/mol. The molecular formula is C16H23FN2O. The van der Waals surface area contributed by atoms with E-state index in [9.17, 15) is 9.18 Å². The summed E-state index contributed by atoms with van der Waals surface area (Å²) in [5.74, 6) is 0.521. The van der Waals surface area contributed by atoms with Gasteiger partial charge in [-0.1, -0.05) is 12.1 Å². The first-order valence-electron chi connectivity index (χ1n) is 7.32. The Hall–Kier alpha value is -1.42. The molecule has 1 aromatic carbocycles. The van der Waals surface area contributed by atoms with Crippen LogP contribution in [0.3, 0.4) is 0 Å². The van der Waals surface area contributed by atoms with E-state index in [1.165, 1.54) is 6.07 Å². The first-order valence-corrected chi connectivity index (χ1v) is 7.32. The highest BCUT2D eigenvalue weighted by Gasteiger charge is 2.23. The maximum absolute atomic E-state index is 13.1. The first kappa shape index (κ1) is 15.0. The Morgan fingerprint density at radius 1 is 1.45 bits per heavy atom. The molecule has 0 bridgehead atoms. The number of nitrogens with two attached hydrogens (primary N) is 1. The number of piperidine rings is 1. The number of rotatable bonds is 4. The summed E-state index contributed by atoms with van der Waals surface area (Å²) in [6, 6.07) is 6.72. The zero-order valence-electron chi connectivity index (χ0n) is 12.0. The van der Waals surface area contributed by atoms with Crippen molar-refractivity contribution in [1.82, 2.24) is 4.90 Å². The van der Waals surface area contributed by atoms with Crippen molar-refractivity contribution >= 4 is 5.91 Å². The van der Waals surface area contributed by atoms with Crippen LogP contribution in [0.4, 0.5) is 4.39 Å². The molecule has 1 amide bonds. The second kappa shape index (κ2) is 6.84. The average molecular weight is 278 g/mol. The third-order valence-electron chi connectivity index (χ3n) is 3.88. The molecule has 2 rings (SSSR count). The monoisotopic (exact) mass is 278 g/mol. The van der Waals surface area contributed by atoms with Gasteiger partial charge in [-0.25, -0.2) is 4.39 Å². The molecule has 1 saturated heterocycles. The lowest BCUT2D eigenvalue weighted by Gasteiger charge is -2.32. The molecule has 0 aliphatic carbocycles. The van der Waals surface area contributed by atoms with Crippen LogP contribution >= 0.6 is 0 Å². The van der Waals surface area contributed by atoms with Gasteiger partial charge in [0.05, 0.1) is 0 Å². The number of nitrogens with zero attached hydrogens (tertiary/aromatic N) is 1. The van der Waals surface area contributed by atoms with E-state index >= 15 is 0 Å². The smallest absolute Gasteiger partial charge is 0.224 e. The molecule has 1 aliphatic heterocycles. The summed E-state index contributed by atoms with van der Waals surface area (Å²) in [6.07, 6.45) is 3.30. The Morgan fingerprint density at radius 2 is 2.15 bits per heavy atom. The van der Waals surface area contributed by atoms with E-state index in [0.29, 0.717) is 12.3 Å². The number of carbonyl (C=O) groups excluding carboxylic acids is 1. The van der Waals surface area contributed by atoms with Gasteiger partial charge in [0.15, 0.2) is 0 Å². The van der Waals surface area contributed by atoms with Gasteiger partial charge in [0.1, 0.15) is 5.82 Å². The summed E-state index contributed by atoms with van der Waals surface area (Å²) < 4.78 is 13.1. The van der Waals surface area contributed by atoms with Gasteiger partial charge in [-0.2, -0.15) is 0 Å². The van der Waals surface area contributed by atoms with Gasteiger partial charge >= 0.3 is 0 Å². The van der Waals surface area contributed by atoms with Crippen molar-refractivity contribution in [2.75, 3.05) is 13.1 Å². The molecule has 1 heterocycles. The highest BCUT2D eigenvalue weighted by molar-refractivity contribution is 5.76. The fraction of sp³-hybridized carbons (Fsp3) is 0.562. The number of hydrogen-bond acceptors (Lipinski definition) is 2. The highest BCUT2D eigenvalue weighted by Crippen LogP contribution is 2.22. The second-order valence-electron chi connectivity index (χ2n) is 5.84. The summed E-state index contributed by atoms with van der Waals surface area (Å²) in [7, 11) is 0. The summed E-state index contributed by atoms with van der Waals surface area (Å²) in [5, 5.41) is 0. The van der Waals surface area contributed by atoms with E-state index in [0.717, 1.165) is 37.9 Å². The molecule has 1 atom stereocenters. The molecule has 20 heavy (non-hydrogen) atoms. The summed E-state index contributed by atoms with van der Waals surface area (Å²) in [4.78, 5) is 13.8. The van der Waals surface area contributed by atoms with Gasteiger partial charge in [0.25, 0.3) is 0 Å². The Balaban J connectivity index is 1.81. The van der Waals surface area contributed by atoms with Crippen molar-refractivity contribution in [2.45, 2.75) is 38.6 Å². The lowest BCUT2D eigenvalue weighted by Crippen LogP contribution is -2.40. The van der Waals surface area contributed by atoms with E-state index in [1.807, 2.05) is 17.9 Å². The van der Waals surface area contributed by atoms with Crippen LogP contribution in [0.1, 0.15) is 31.7 Å². The molecule has 0 saturated carbocycles. The molecule has 1 aliphatic rings. The van der Waals surface area contributed by atoms with Crippen molar-refractivity contribution in [3.8, 4) is 0 Å². The van der Waals surface area contributed by atoms with E-state index in [2.05, 4.69) is 0 Å². The number of carbonyl (C=O) groups is 1. The van der Waals surface area contributed by atoms with Crippen molar-refractivity contribution < 1.29 is 9.18 Å². The number of benzene rings is 1. The van der Waals surface area contributed by atoms with Crippen LogP contribution in [-0.4, -0.2) is 29.9 Å². The third-order valence-corrected chi connectivity index (χ3v) is 3.88. The quantitative estimate of drug-likeness (QED) is 0.919. The molecule has 3 nitrogen and oxygen atoms in total. The topological polar surface area (TPSA) is 46.3 Å². The molecule has 4 heteroatoms. The zero-order valence-corrected chi connectivity index (χ0v) is 12.0. The molecule has 1 fully saturated rings. The second-order valence-corrected chi connectivity index (χ2v) is 5.84. The maximum Gasteiger partial charge on any atom is 0.224 e. The van der Waals surface area contributed by atoms with Crippen LogP contribution in [0.5, 0.6) is 0 Å². The third kappa shape index (κ3) is 4.30. The largest absolute Gasteiger partial charge is 0.343 e. The van der Waals surface area contributed by atoms with Crippen LogP contribution in [0.15, 0.2) is 24.3 Å². The van der Waals surface area contributed by atoms with Gasteiger partial charge < -0.3 is 10.6 Å². The van der Waals surface area contributed by atoms with Crippen molar-refractivity contribution in [1.29, 1.82) is 0 Å². The number of halogens is 1. The van der Waals surface area contributed by atoms with Gasteiger partial charge in [-0.15, -0.1) is 0 Å². The molecule has 2 N–H and O–H groups in total. The van der Waals surface area contributed by atoms with Gasteiger partial charge in [0.2, 0.25) is 5.91 Å². The molecule has 0 radical (unpaired) electrons. The minimum Gasteiger partial charge on any atom is -0.343 e. The van der Waals surface area contributed by atoms with Gasteiger partial charge in [-0.05, 0) is 49.8 Å². The van der Waals surface area contributed by atoms with Gasteiger partial charge in [0, 0.05) is 25.6 Å². The highest BCUT2D eigenvalue weighted by atomic mass is 19.1. The van der Waals surface area contributed by atoms with E-state index in [1.54, 1.807) is 12.1 Å². The van der Waals surface area contributed by atoms with Gasteiger partial charge in [-0.3, -0.25) is 4.79 Å². The lowest BCUT2D eigenvalue weighted by molar-refractivity contribution is -0.132.